The van der Waals surface area contributed by atoms with E-state index in [4.69, 9.17) is 13.6 Å². The van der Waals surface area contributed by atoms with Crippen LogP contribution >= 0.6 is 0 Å². The molecule has 0 bridgehead atoms. The van der Waals surface area contributed by atoms with Crippen LogP contribution in [-0.2, 0) is 18.4 Å². The second-order valence-electron chi connectivity index (χ2n) is 15.1. The molecule has 49 heavy (non-hydrogen) atoms. The van der Waals surface area contributed by atoms with Crippen molar-refractivity contribution in [1.82, 2.24) is 0 Å². The molecule has 0 spiro atoms. The van der Waals surface area contributed by atoms with Crippen LogP contribution in [0, 0.1) is 0 Å². The van der Waals surface area contributed by atoms with Gasteiger partial charge in [0.1, 0.15) is 0 Å². The molecule has 0 aliphatic heterocycles. The van der Waals surface area contributed by atoms with E-state index in [-0.39, 0.29) is 28.3 Å². The van der Waals surface area contributed by atoms with Gasteiger partial charge in [-0.1, -0.05) is 169 Å². The Bertz CT molecular complexity index is 1640. The molecule has 0 amide bonds. The largest absolute Gasteiger partial charge is 0.463 e. The molecule has 1 aliphatic rings. The summed E-state index contributed by atoms with van der Waals surface area (Å²) in [5.41, 5.74) is 1.65. The van der Waals surface area contributed by atoms with E-state index in [0.717, 1.165) is 11.1 Å². The molecule has 4 nitrogen and oxygen atoms in total. The molecule has 5 rings (SSSR count). The number of hydrogen-bond acceptors (Lipinski definition) is 4. The minimum absolute atomic E-state index is 0.205. The van der Waals surface area contributed by atoms with Gasteiger partial charge in [-0.25, -0.2) is 4.79 Å². The molecule has 0 radical (unpaired) electrons. The lowest BCUT2D eigenvalue weighted by molar-refractivity contribution is -0.137. The monoisotopic (exact) mass is 688 g/mol. The predicted octanol–water partition coefficient (Wildman–Crippen LogP) is 7.72. The molecule has 0 aromatic heterocycles. The Morgan fingerprint density at radius 2 is 1.04 bits per heavy atom. The standard InChI is InChI=1S/C43H52O4Si2/c1-9-45-41(44)31-34-30-35(46-48(42(3,4)5,36-22-14-10-15-23-36)37-24-16-11-17-25-37)32-40(33(34)2)47-49(43(6,7)8,38-26-18-12-19-27-38)39-28-20-13-21-29-39/h10-29,31,35,40H,2,9,30,32H2,1,3-8H3. The van der Waals surface area contributed by atoms with Crippen LogP contribution in [0.5, 0.6) is 0 Å². The minimum atomic E-state index is -2.96. The summed E-state index contributed by atoms with van der Waals surface area (Å²) in [7, 11) is -5.88. The van der Waals surface area contributed by atoms with E-state index in [1.165, 1.54) is 20.7 Å². The average Bonchev–Trinajstić information content (AvgIpc) is 3.08. The van der Waals surface area contributed by atoms with Crippen molar-refractivity contribution in [1.29, 1.82) is 0 Å². The van der Waals surface area contributed by atoms with Gasteiger partial charge >= 0.3 is 5.97 Å². The molecule has 2 atom stereocenters. The van der Waals surface area contributed by atoms with Crippen LogP contribution in [-0.4, -0.2) is 41.4 Å². The topological polar surface area (TPSA) is 44.8 Å². The number of esters is 1. The smallest absolute Gasteiger partial charge is 0.331 e. The maximum absolute atomic E-state index is 13.0. The third-order valence-electron chi connectivity index (χ3n) is 9.80. The molecule has 256 valence electrons. The third kappa shape index (κ3) is 7.38. The maximum Gasteiger partial charge on any atom is 0.331 e. The van der Waals surface area contributed by atoms with Gasteiger partial charge in [-0.2, -0.15) is 0 Å². The van der Waals surface area contributed by atoms with Crippen LogP contribution in [0.25, 0.3) is 0 Å². The highest BCUT2D eigenvalue weighted by Gasteiger charge is 2.55. The van der Waals surface area contributed by atoms with E-state index in [0.29, 0.717) is 19.4 Å². The van der Waals surface area contributed by atoms with Crippen molar-refractivity contribution in [3.05, 3.63) is 145 Å². The molecule has 1 fully saturated rings. The summed E-state index contributed by atoms with van der Waals surface area (Å²) in [6.07, 6.45) is 2.16. The average molecular weight is 689 g/mol. The van der Waals surface area contributed by atoms with Crippen molar-refractivity contribution < 1.29 is 18.4 Å². The highest BCUT2D eigenvalue weighted by molar-refractivity contribution is 7.00. The highest BCUT2D eigenvalue weighted by Crippen LogP contribution is 2.44. The van der Waals surface area contributed by atoms with Gasteiger partial charge in [0.25, 0.3) is 16.6 Å². The van der Waals surface area contributed by atoms with Crippen LogP contribution in [0.2, 0.25) is 10.1 Å². The molecule has 0 saturated heterocycles. The lowest BCUT2D eigenvalue weighted by atomic mass is 9.86. The Balaban J connectivity index is 1.68. The summed E-state index contributed by atoms with van der Waals surface area (Å²) in [6.45, 7) is 20.5. The fraction of sp³-hybridized carbons (Fsp3) is 0.326. The van der Waals surface area contributed by atoms with Crippen LogP contribution < -0.4 is 20.7 Å². The van der Waals surface area contributed by atoms with E-state index < -0.39 is 16.6 Å². The fourth-order valence-electron chi connectivity index (χ4n) is 7.58. The normalized spacial score (nSPS) is 18.3. The lowest BCUT2D eigenvalue weighted by Crippen LogP contribution is -2.69. The number of benzene rings is 4. The van der Waals surface area contributed by atoms with Crippen molar-refractivity contribution in [3.8, 4) is 0 Å². The summed E-state index contributed by atoms with van der Waals surface area (Å²) >= 11 is 0. The van der Waals surface area contributed by atoms with Crippen LogP contribution in [0.15, 0.2) is 145 Å². The Kier molecular flexibility index (Phi) is 11.1. The van der Waals surface area contributed by atoms with Crippen molar-refractivity contribution in [2.75, 3.05) is 6.61 Å². The highest BCUT2D eigenvalue weighted by atomic mass is 28.4. The molecular formula is C43H52O4Si2. The predicted molar refractivity (Wildman–Crippen MR) is 208 cm³/mol. The second kappa shape index (κ2) is 15.0. The van der Waals surface area contributed by atoms with Crippen LogP contribution in [0.4, 0.5) is 0 Å². The van der Waals surface area contributed by atoms with Crippen LogP contribution in [0.3, 0.4) is 0 Å². The maximum atomic E-state index is 13.0. The number of carbonyl (C=O) groups is 1. The first kappa shape index (κ1) is 36.5. The first-order valence-corrected chi connectivity index (χ1v) is 21.3. The first-order valence-electron chi connectivity index (χ1n) is 17.5. The van der Waals surface area contributed by atoms with Gasteiger partial charge in [0, 0.05) is 12.5 Å². The van der Waals surface area contributed by atoms with Crippen molar-refractivity contribution in [2.45, 2.75) is 83.6 Å². The quantitative estimate of drug-likeness (QED) is 0.0973. The molecule has 4 aromatic rings. The fourth-order valence-corrected chi connectivity index (χ4v) is 17.0. The lowest BCUT2D eigenvalue weighted by Gasteiger charge is -2.49. The van der Waals surface area contributed by atoms with Gasteiger partial charge in [0.15, 0.2) is 0 Å². The Morgan fingerprint density at radius 1 is 0.673 bits per heavy atom. The zero-order valence-electron chi connectivity index (χ0n) is 30.2. The molecular weight excluding hydrogens is 637 g/mol. The Hall–Kier alpha value is -3.82. The van der Waals surface area contributed by atoms with Gasteiger partial charge in [-0.15, -0.1) is 0 Å². The van der Waals surface area contributed by atoms with Gasteiger partial charge in [0.2, 0.25) is 0 Å². The third-order valence-corrected chi connectivity index (χ3v) is 19.9. The molecule has 4 aromatic carbocycles. The Morgan fingerprint density at radius 3 is 1.39 bits per heavy atom. The molecule has 0 N–H and O–H groups in total. The molecule has 0 heterocycles. The van der Waals surface area contributed by atoms with Gasteiger partial charge < -0.3 is 13.6 Å². The van der Waals surface area contributed by atoms with E-state index in [2.05, 4.69) is 169 Å². The molecule has 1 aliphatic carbocycles. The molecule has 1 saturated carbocycles. The van der Waals surface area contributed by atoms with E-state index in [1.54, 1.807) is 6.08 Å². The SMILES string of the molecule is C=C1C(=CC(=O)OCC)CC(O[Si](c2ccccc2)(c2ccccc2)C(C)(C)C)CC1O[Si](c1ccccc1)(c1ccccc1)C(C)(C)C. The van der Waals surface area contributed by atoms with Crippen molar-refractivity contribution in [3.63, 3.8) is 0 Å². The van der Waals surface area contributed by atoms with E-state index in [9.17, 15) is 4.79 Å². The summed E-state index contributed by atoms with van der Waals surface area (Å²) in [6, 6.07) is 42.8. The van der Waals surface area contributed by atoms with E-state index >= 15 is 0 Å². The van der Waals surface area contributed by atoms with Crippen molar-refractivity contribution in [2.24, 2.45) is 0 Å². The zero-order valence-corrected chi connectivity index (χ0v) is 32.2. The van der Waals surface area contributed by atoms with Gasteiger partial charge in [0.05, 0.1) is 18.8 Å². The Labute approximate surface area is 296 Å². The summed E-state index contributed by atoms with van der Waals surface area (Å²) < 4.78 is 20.9. The zero-order chi connectivity index (χ0) is 35.3. The molecule has 6 heteroatoms. The first-order chi connectivity index (χ1) is 23.3. The molecule has 2 unspecified atom stereocenters. The van der Waals surface area contributed by atoms with Crippen molar-refractivity contribution >= 4 is 43.4 Å². The van der Waals surface area contributed by atoms with Gasteiger partial charge in [-0.05, 0) is 55.3 Å². The summed E-state index contributed by atoms with van der Waals surface area (Å²) in [5, 5.41) is 4.41. The van der Waals surface area contributed by atoms with E-state index in [1.807, 2.05) is 6.92 Å². The summed E-state index contributed by atoms with van der Waals surface area (Å²) in [5.74, 6) is -0.367. The number of hydrogen-bond donors (Lipinski definition) is 0. The summed E-state index contributed by atoms with van der Waals surface area (Å²) in [4.78, 5) is 13.0. The van der Waals surface area contributed by atoms with Crippen LogP contribution in [0.1, 0.15) is 61.3 Å². The number of rotatable bonds is 10. The minimum Gasteiger partial charge on any atom is -0.463 e. The second-order valence-corrected chi connectivity index (χ2v) is 23.6. The number of ether oxygens (including phenoxy) is 1. The van der Waals surface area contributed by atoms with Gasteiger partial charge in [-0.3, -0.25) is 0 Å². The number of carbonyl (C=O) groups excluding carboxylic acids is 1.